The number of hydrogen-bond acceptors (Lipinski definition) is 5. The molecular weight excluding hydrogens is 476 g/mol. The molecule has 0 saturated heterocycles. The van der Waals surface area contributed by atoms with Crippen molar-refractivity contribution in [2.24, 2.45) is 0 Å². The van der Waals surface area contributed by atoms with E-state index in [2.05, 4.69) is 11.1 Å². The Balaban J connectivity index is 1.83. The fourth-order valence-corrected chi connectivity index (χ4v) is 5.08. The van der Waals surface area contributed by atoms with Crippen LogP contribution in [0.3, 0.4) is 0 Å². The van der Waals surface area contributed by atoms with E-state index < -0.39 is 32.6 Å². The summed E-state index contributed by atoms with van der Waals surface area (Å²) in [5.74, 6) is -0.474. The molecule has 1 aliphatic rings. The van der Waals surface area contributed by atoms with Crippen LogP contribution in [0.4, 0.5) is 17.6 Å². The second-order valence-corrected chi connectivity index (χ2v) is 10.1. The quantitative estimate of drug-likeness (QED) is 0.405. The standard InChI is InChI=1S/C22H20F4N4O3S/c1-12-8-19-15(9-17(12)23)16(10-27)20(30(19)13-4-3-5-13)18-7-6-14(11-28-18)34(32,33)29-21(2,31)22(24,25)26/h6-9,11,13,29,31H,3-5H2,1-2H3. The van der Waals surface area contributed by atoms with Crippen LogP contribution in [0.2, 0.25) is 0 Å². The van der Waals surface area contributed by atoms with Crippen LogP contribution in [0.25, 0.3) is 22.3 Å². The number of nitrogens with one attached hydrogen (secondary N) is 1. The highest BCUT2D eigenvalue weighted by Crippen LogP contribution is 2.42. The Morgan fingerprint density at radius 3 is 2.44 bits per heavy atom. The minimum Gasteiger partial charge on any atom is -0.367 e. The summed E-state index contributed by atoms with van der Waals surface area (Å²) in [5.41, 5.74) is -1.88. The maximum atomic E-state index is 14.3. The predicted molar refractivity (Wildman–Crippen MR) is 114 cm³/mol. The second kappa shape index (κ2) is 8.04. The number of alkyl halides is 3. The van der Waals surface area contributed by atoms with Crippen molar-refractivity contribution in [2.75, 3.05) is 0 Å². The molecule has 2 N–H and O–H groups in total. The molecule has 1 atom stereocenters. The molecular formula is C22H20F4N4O3S. The van der Waals surface area contributed by atoms with E-state index in [1.165, 1.54) is 16.9 Å². The van der Waals surface area contributed by atoms with E-state index in [-0.39, 0.29) is 24.2 Å². The number of nitriles is 1. The van der Waals surface area contributed by atoms with Crippen LogP contribution in [0.5, 0.6) is 0 Å². The second-order valence-electron chi connectivity index (χ2n) is 8.46. The highest BCUT2D eigenvalue weighted by Gasteiger charge is 2.52. The first-order chi connectivity index (χ1) is 15.8. The number of halogens is 4. The number of benzene rings is 1. The highest BCUT2D eigenvalue weighted by atomic mass is 32.2. The third-order valence-electron chi connectivity index (χ3n) is 6.01. The topological polar surface area (TPSA) is 108 Å². The zero-order chi connectivity index (χ0) is 25.1. The van der Waals surface area contributed by atoms with E-state index in [0.29, 0.717) is 22.2 Å². The molecule has 1 aromatic carbocycles. The number of aliphatic hydroxyl groups is 1. The van der Waals surface area contributed by atoms with Gasteiger partial charge in [0.2, 0.25) is 15.7 Å². The van der Waals surface area contributed by atoms with Crippen LogP contribution >= 0.6 is 0 Å². The van der Waals surface area contributed by atoms with Crippen LogP contribution in [-0.4, -0.2) is 35.0 Å². The van der Waals surface area contributed by atoms with Crippen molar-refractivity contribution in [1.29, 1.82) is 5.26 Å². The largest absolute Gasteiger partial charge is 0.431 e. The average Bonchev–Trinajstić information content (AvgIpc) is 2.98. The third-order valence-corrected chi connectivity index (χ3v) is 7.54. The van der Waals surface area contributed by atoms with E-state index in [1.807, 2.05) is 4.57 Å². The van der Waals surface area contributed by atoms with Gasteiger partial charge in [-0.1, -0.05) is 0 Å². The number of sulfonamides is 1. The number of aryl methyl sites for hydroxylation is 1. The Morgan fingerprint density at radius 1 is 1.26 bits per heavy atom. The summed E-state index contributed by atoms with van der Waals surface area (Å²) < 4.78 is 81.0. The lowest BCUT2D eigenvalue weighted by molar-refractivity contribution is -0.257. The molecule has 3 aromatic rings. The Hall–Kier alpha value is -3.01. The minimum atomic E-state index is -5.24. The smallest absolute Gasteiger partial charge is 0.367 e. The lowest BCUT2D eigenvalue weighted by atomic mass is 9.92. The molecule has 2 aromatic heterocycles. The normalized spacial score (nSPS) is 16.8. The molecule has 7 nitrogen and oxygen atoms in total. The number of pyridine rings is 1. The zero-order valence-electron chi connectivity index (χ0n) is 18.1. The number of fused-ring (bicyclic) bond motifs is 1. The first-order valence-electron chi connectivity index (χ1n) is 10.3. The molecule has 1 saturated carbocycles. The summed E-state index contributed by atoms with van der Waals surface area (Å²) in [6.45, 7) is 1.89. The first-order valence-corrected chi connectivity index (χ1v) is 11.8. The molecule has 0 aliphatic heterocycles. The molecule has 4 rings (SSSR count). The summed E-state index contributed by atoms with van der Waals surface area (Å²) in [6, 6.07) is 7.36. The lowest BCUT2D eigenvalue weighted by Crippen LogP contribution is -2.56. The van der Waals surface area contributed by atoms with Crippen molar-refractivity contribution >= 4 is 20.9 Å². The molecule has 180 valence electrons. The van der Waals surface area contributed by atoms with Gasteiger partial charge in [-0.15, -0.1) is 0 Å². The van der Waals surface area contributed by atoms with Gasteiger partial charge in [-0.25, -0.2) is 12.8 Å². The van der Waals surface area contributed by atoms with Gasteiger partial charge in [0.05, 0.1) is 22.5 Å². The van der Waals surface area contributed by atoms with Crippen LogP contribution in [0.15, 0.2) is 35.4 Å². The lowest BCUT2D eigenvalue weighted by Gasteiger charge is -2.30. The Kier molecular flexibility index (Phi) is 5.70. The summed E-state index contributed by atoms with van der Waals surface area (Å²) in [7, 11) is -4.78. The van der Waals surface area contributed by atoms with Gasteiger partial charge in [0, 0.05) is 17.6 Å². The molecule has 12 heteroatoms. The van der Waals surface area contributed by atoms with Gasteiger partial charge in [-0.3, -0.25) is 4.98 Å². The van der Waals surface area contributed by atoms with E-state index in [0.717, 1.165) is 31.5 Å². The summed E-state index contributed by atoms with van der Waals surface area (Å²) >= 11 is 0. The Labute approximate surface area is 192 Å². The maximum Gasteiger partial charge on any atom is 0.431 e. The van der Waals surface area contributed by atoms with Gasteiger partial charge in [-0.05, 0) is 62.9 Å². The summed E-state index contributed by atoms with van der Waals surface area (Å²) in [6.07, 6.45) is -1.75. The number of aromatic nitrogens is 2. The molecule has 0 amide bonds. The van der Waals surface area contributed by atoms with Crippen molar-refractivity contribution in [2.45, 2.75) is 55.9 Å². The molecule has 1 aliphatic carbocycles. The van der Waals surface area contributed by atoms with Gasteiger partial charge in [0.25, 0.3) is 0 Å². The van der Waals surface area contributed by atoms with Crippen LogP contribution in [0.1, 0.15) is 43.4 Å². The molecule has 2 heterocycles. The van der Waals surface area contributed by atoms with Crippen LogP contribution in [-0.2, 0) is 10.0 Å². The zero-order valence-corrected chi connectivity index (χ0v) is 18.9. The van der Waals surface area contributed by atoms with Crippen LogP contribution < -0.4 is 4.72 Å². The van der Waals surface area contributed by atoms with Gasteiger partial charge >= 0.3 is 6.18 Å². The molecule has 0 radical (unpaired) electrons. The summed E-state index contributed by atoms with van der Waals surface area (Å²) in [4.78, 5) is 3.51. The van der Waals surface area contributed by atoms with Gasteiger partial charge in [0.1, 0.15) is 16.8 Å². The van der Waals surface area contributed by atoms with Gasteiger partial charge < -0.3 is 9.67 Å². The highest BCUT2D eigenvalue weighted by molar-refractivity contribution is 7.89. The Morgan fingerprint density at radius 2 is 1.94 bits per heavy atom. The number of rotatable bonds is 5. The number of hydrogen-bond donors (Lipinski definition) is 2. The molecule has 1 fully saturated rings. The predicted octanol–water partition coefficient (Wildman–Crippen LogP) is 4.30. The number of nitrogens with zero attached hydrogens (tertiary/aromatic N) is 3. The third kappa shape index (κ3) is 3.93. The van der Waals surface area contributed by atoms with Gasteiger partial charge in [-0.2, -0.15) is 23.2 Å². The van der Waals surface area contributed by atoms with E-state index >= 15 is 0 Å². The monoisotopic (exact) mass is 496 g/mol. The average molecular weight is 496 g/mol. The SMILES string of the molecule is Cc1cc2c(cc1F)c(C#N)c(-c1ccc(S(=O)(=O)NC(C)(O)C(F)(F)F)cn1)n2C1CCC1. The van der Waals surface area contributed by atoms with Gasteiger partial charge in [0.15, 0.2) is 0 Å². The van der Waals surface area contributed by atoms with Crippen molar-refractivity contribution < 1.29 is 31.1 Å². The van der Waals surface area contributed by atoms with Crippen molar-refractivity contribution in [1.82, 2.24) is 14.3 Å². The van der Waals surface area contributed by atoms with E-state index in [4.69, 9.17) is 0 Å². The fraction of sp³-hybridized carbons (Fsp3) is 0.364. The first kappa shape index (κ1) is 24.1. The molecule has 0 bridgehead atoms. The molecule has 1 unspecified atom stereocenters. The van der Waals surface area contributed by atoms with Crippen LogP contribution in [0, 0.1) is 24.1 Å². The minimum absolute atomic E-state index is 0.0400. The van der Waals surface area contributed by atoms with E-state index in [9.17, 15) is 36.3 Å². The summed E-state index contributed by atoms with van der Waals surface area (Å²) in [5, 5.41) is 19.8. The maximum absolute atomic E-state index is 14.3. The molecule has 0 spiro atoms. The van der Waals surface area contributed by atoms with E-state index in [1.54, 1.807) is 13.0 Å². The van der Waals surface area contributed by atoms with Crippen molar-refractivity contribution in [3.63, 3.8) is 0 Å². The van der Waals surface area contributed by atoms with Crippen molar-refractivity contribution in [3.05, 3.63) is 47.4 Å². The Bertz CT molecular complexity index is 1420. The molecule has 34 heavy (non-hydrogen) atoms. The fourth-order valence-electron chi connectivity index (χ4n) is 3.88. The van der Waals surface area contributed by atoms with Crippen molar-refractivity contribution in [3.8, 4) is 17.5 Å².